The van der Waals surface area contributed by atoms with Gasteiger partial charge in [0.1, 0.15) is 0 Å². The van der Waals surface area contributed by atoms with E-state index in [2.05, 4.69) is 35.2 Å². The molecule has 0 aliphatic heterocycles. The lowest BCUT2D eigenvalue weighted by atomic mass is 9.93. The van der Waals surface area contributed by atoms with Crippen molar-refractivity contribution in [2.75, 3.05) is 7.05 Å². The van der Waals surface area contributed by atoms with Crippen LogP contribution in [0.5, 0.6) is 0 Å². The van der Waals surface area contributed by atoms with Crippen molar-refractivity contribution < 1.29 is 0 Å². The molecule has 0 saturated carbocycles. The van der Waals surface area contributed by atoms with Crippen LogP contribution in [0.3, 0.4) is 0 Å². The quantitative estimate of drug-likeness (QED) is 0.910. The molecule has 1 heterocycles. The minimum absolute atomic E-state index is 0.133. The van der Waals surface area contributed by atoms with Gasteiger partial charge in [0.2, 0.25) is 0 Å². The Kier molecular flexibility index (Phi) is 4.84. The number of likely N-dealkylation sites (N-methyl/N-ethyl adjacent to an activating group) is 1. The highest BCUT2D eigenvalue weighted by molar-refractivity contribution is 6.30. The predicted molar refractivity (Wildman–Crippen MR) is 104 cm³/mol. The summed E-state index contributed by atoms with van der Waals surface area (Å²) in [6.45, 7) is 8.17. The number of nitrogens with zero attached hydrogens (tertiary/aromatic N) is 3. The van der Waals surface area contributed by atoms with Crippen molar-refractivity contribution in [3.63, 3.8) is 0 Å². The van der Waals surface area contributed by atoms with Crippen LogP contribution < -0.4 is 5.73 Å². The summed E-state index contributed by atoms with van der Waals surface area (Å²) in [4.78, 5) is 6.27. The van der Waals surface area contributed by atoms with Gasteiger partial charge in [0.15, 0.2) is 0 Å². The molecule has 1 aliphatic rings. The number of nitrogens with two attached hydrogens (primary N) is 1. The Morgan fingerprint density at radius 3 is 2.88 bits per heavy atom. The average Bonchev–Trinajstić information content (AvgIpc) is 2.96. The molecular formula is C20H23ClN4. The maximum atomic E-state index is 6.62. The first-order valence-corrected chi connectivity index (χ1v) is 8.55. The highest BCUT2D eigenvalue weighted by atomic mass is 35.5. The van der Waals surface area contributed by atoms with Gasteiger partial charge in [0, 0.05) is 19.1 Å². The Morgan fingerprint density at radius 2 is 2.24 bits per heavy atom. The van der Waals surface area contributed by atoms with E-state index >= 15 is 0 Å². The minimum atomic E-state index is -0.311. The van der Waals surface area contributed by atoms with E-state index in [4.69, 9.17) is 17.3 Å². The van der Waals surface area contributed by atoms with E-state index in [1.54, 1.807) is 12.5 Å². The van der Waals surface area contributed by atoms with Crippen LogP contribution in [0.2, 0.25) is 5.02 Å². The SMILES string of the molecule is C=CN(C)C1Cc2ccc(Cl)cc2C([C@@H](N)c2cncn2C)=CC1=C. The van der Waals surface area contributed by atoms with Crippen LogP contribution in [0, 0.1) is 0 Å². The summed E-state index contributed by atoms with van der Waals surface area (Å²) < 4.78 is 1.94. The number of imidazole rings is 1. The third-order valence-electron chi connectivity index (χ3n) is 4.85. The van der Waals surface area contributed by atoms with Crippen molar-refractivity contribution in [2.45, 2.75) is 18.5 Å². The van der Waals surface area contributed by atoms with Crippen LogP contribution in [0.1, 0.15) is 22.9 Å². The van der Waals surface area contributed by atoms with Crippen LogP contribution in [0.25, 0.3) is 5.57 Å². The lowest BCUT2D eigenvalue weighted by molar-refractivity contribution is 0.374. The van der Waals surface area contributed by atoms with Gasteiger partial charge in [-0.25, -0.2) is 4.98 Å². The second kappa shape index (κ2) is 6.90. The monoisotopic (exact) mass is 354 g/mol. The van der Waals surface area contributed by atoms with Gasteiger partial charge in [-0.3, -0.25) is 0 Å². The molecule has 0 spiro atoms. The zero-order valence-corrected chi connectivity index (χ0v) is 15.4. The topological polar surface area (TPSA) is 47.1 Å². The fourth-order valence-electron chi connectivity index (χ4n) is 3.33. The molecule has 25 heavy (non-hydrogen) atoms. The first-order chi connectivity index (χ1) is 11.9. The normalized spacial score (nSPS) is 18.2. The summed E-state index contributed by atoms with van der Waals surface area (Å²) in [5.41, 5.74) is 11.8. The summed E-state index contributed by atoms with van der Waals surface area (Å²) in [6.07, 6.45) is 8.30. The van der Waals surface area contributed by atoms with Gasteiger partial charge in [0.05, 0.1) is 30.3 Å². The second-order valence-corrected chi connectivity index (χ2v) is 6.89. The van der Waals surface area contributed by atoms with E-state index in [1.807, 2.05) is 37.0 Å². The first kappa shape index (κ1) is 17.5. The van der Waals surface area contributed by atoms with Crippen LogP contribution in [0.15, 0.2) is 61.7 Å². The molecule has 1 unspecified atom stereocenters. The zero-order valence-electron chi connectivity index (χ0n) is 14.6. The highest BCUT2D eigenvalue weighted by Gasteiger charge is 2.26. The van der Waals surface area contributed by atoms with E-state index in [0.717, 1.165) is 28.8 Å². The fourth-order valence-corrected chi connectivity index (χ4v) is 3.50. The molecule has 0 amide bonds. The Balaban J connectivity index is 2.15. The molecule has 1 aromatic carbocycles. The molecule has 1 aromatic heterocycles. The lowest BCUT2D eigenvalue weighted by Crippen LogP contribution is -2.29. The molecule has 0 saturated heterocycles. The van der Waals surface area contributed by atoms with Gasteiger partial charge in [-0.05, 0) is 47.0 Å². The van der Waals surface area contributed by atoms with Gasteiger partial charge in [-0.1, -0.05) is 36.9 Å². The van der Waals surface area contributed by atoms with Gasteiger partial charge in [0.25, 0.3) is 0 Å². The van der Waals surface area contributed by atoms with E-state index in [1.165, 1.54) is 5.56 Å². The van der Waals surface area contributed by atoms with Crippen molar-refractivity contribution >= 4 is 17.2 Å². The average molecular weight is 355 g/mol. The van der Waals surface area contributed by atoms with Crippen LogP contribution >= 0.6 is 11.6 Å². The highest BCUT2D eigenvalue weighted by Crippen LogP contribution is 2.37. The van der Waals surface area contributed by atoms with E-state index in [9.17, 15) is 0 Å². The van der Waals surface area contributed by atoms with Crippen molar-refractivity contribution in [2.24, 2.45) is 12.8 Å². The fraction of sp³-hybridized carbons (Fsp3) is 0.250. The number of rotatable bonds is 4. The molecule has 3 rings (SSSR count). The van der Waals surface area contributed by atoms with Crippen molar-refractivity contribution in [3.8, 4) is 0 Å². The molecule has 4 nitrogen and oxygen atoms in total. The third kappa shape index (κ3) is 3.28. The van der Waals surface area contributed by atoms with Gasteiger partial charge >= 0.3 is 0 Å². The summed E-state index contributed by atoms with van der Waals surface area (Å²) in [5.74, 6) is 0. The van der Waals surface area contributed by atoms with E-state index in [-0.39, 0.29) is 12.1 Å². The smallest absolute Gasteiger partial charge is 0.0946 e. The number of aryl methyl sites for hydroxylation is 1. The molecule has 0 bridgehead atoms. The first-order valence-electron chi connectivity index (χ1n) is 8.18. The van der Waals surface area contributed by atoms with Crippen molar-refractivity contribution in [3.05, 3.63) is 83.6 Å². The number of aromatic nitrogens is 2. The Bertz CT molecular complexity index is 849. The van der Waals surface area contributed by atoms with E-state index in [0.29, 0.717) is 5.02 Å². The summed E-state index contributed by atoms with van der Waals surface area (Å²) in [5, 5.41) is 0.697. The molecule has 2 N–H and O–H groups in total. The molecule has 5 heteroatoms. The maximum Gasteiger partial charge on any atom is 0.0946 e. The molecule has 2 atom stereocenters. The Morgan fingerprint density at radius 1 is 1.48 bits per heavy atom. The summed E-state index contributed by atoms with van der Waals surface area (Å²) >= 11 is 6.28. The molecule has 2 aromatic rings. The number of hydrogen-bond donors (Lipinski definition) is 1. The molecule has 1 aliphatic carbocycles. The minimum Gasteiger partial charge on any atom is -0.374 e. The second-order valence-electron chi connectivity index (χ2n) is 6.45. The van der Waals surface area contributed by atoms with Crippen LogP contribution in [-0.4, -0.2) is 27.5 Å². The third-order valence-corrected chi connectivity index (χ3v) is 5.09. The van der Waals surface area contributed by atoms with Gasteiger partial charge in [-0.15, -0.1) is 0 Å². The molecule has 0 radical (unpaired) electrons. The van der Waals surface area contributed by atoms with Crippen molar-refractivity contribution in [1.82, 2.24) is 14.5 Å². The maximum absolute atomic E-state index is 6.62. The van der Waals surface area contributed by atoms with E-state index < -0.39 is 0 Å². The number of hydrogen-bond acceptors (Lipinski definition) is 3. The summed E-state index contributed by atoms with van der Waals surface area (Å²) in [6, 6.07) is 5.81. The Hall–Kier alpha value is -2.30. The summed E-state index contributed by atoms with van der Waals surface area (Å²) in [7, 11) is 3.96. The molecule has 0 fully saturated rings. The standard InChI is InChI=1S/C20H23ClN4/c1-5-24(3)18-9-14-6-7-15(21)10-16(14)17(8-13(18)2)20(22)19-11-23-12-25(19)4/h5-8,10-12,18,20H,1-2,9,22H2,3-4H3/t18?,20-/m1/s1. The Labute approximate surface area is 153 Å². The van der Waals surface area contributed by atoms with Crippen molar-refractivity contribution in [1.29, 1.82) is 0 Å². The number of halogens is 1. The predicted octanol–water partition coefficient (Wildman–Crippen LogP) is 3.71. The number of fused-ring (bicyclic) bond motifs is 1. The van der Waals surface area contributed by atoms with Gasteiger partial charge in [-0.2, -0.15) is 0 Å². The zero-order chi connectivity index (χ0) is 18.1. The largest absolute Gasteiger partial charge is 0.374 e. The molecule has 130 valence electrons. The van der Waals surface area contributed by atoms with Crippen LogP contribution in [-0.2, 0) is 13.5 Å². The van der Waals surface area contributed by atoms with Gasteiger partial charge < -0.3 is 15.2 Å². The lowest BCUT2D eigenvalue weighted by Gasteiger charge is -2.26. The molecular weight excluding hydrogens is 332 g/mol. The van der Waals surface area contributed by atoms with Crippen LogP contribution in [0.4, 0.5) is 0 Å². The number of benzene rings is 1.